The van der Waals surface area contributed by atoms with Crippen LogP contribution in [0.4, 0.5) is 5.69 Å². The fraction of sp³-hybridized carbons (Fsp3) is 0.238. The van der Waals surface area contributed by atoms with Crippen molar-refractivity contribution in [3.8, 4) is 11.1 Å². The van der Waals surface area contributed by atoms with Crippen molar-refractivity contribution < 1.29 is 14.3 Å². The van der Waals surface area contributed by atoms with E-state index in [0.29, 0.717) is 5.69 Å². The minimum Gasteiger partial charge on any atom is -0.362 e. The quantitative estimate of drug-likeness (QED) is 0.627. The molecule has 0 spiro atoms. The van der Waals surface area contributed by atoms with Gasteiger partial charge in [0.2, 0.25) is 11.8 Å². The lowest BCUT2D eigenvalue weighted by atomic mass is 9.78. The van der Waals surface area contributed by atoms with Crippen LogP contribution in [0.3, 0.4) is 0 Å². The summed E-state index contributed by atoms with van der Waals surface area (Å²) < 4.78 is 5.89. The van der Waals surface area contributed by atoms with Crippen LogP contribution < -0.4 is 4.90 Å². The van der Waals surface area contributed by atoms with Crippen molar-refractivity contribution in [1.29, 1.82) is 0 Å². The number of rotatable bonds is 2. The average Bonchev–Trinajstić information content (AvgIpc) is 3.24. The molecule has 25 heavy (non-hydrogen) atoms. The molecule has 124 valence electrons. The molecule has 0 aliphatic carbocycles. The maximum atomic E-state index is 13.2. The van der Waals surface area contributed by atoms with E-state index in [1.54, 1.807) is 0 Å². The lowest BCUT2D eigenvalue weighted by Gasteiger charge is -2.25. The third kappa shape index (κ3) is 1.86. The number of ether oxygens (including phenoxy) is 1. The first-order valence-electron chi connectivity index (χ1n) is 8.49. The number of hydrogen-bond donors (Lipinski definition) is 0. The maximum Gasteiger partial charge on any atom is 0.241 e. The molecule has 2 fully saturated rings. The first kappa shape index (κ1) is 14.6. The minimum absolute atomic E-state index is 0.156. The highest BCUT2D eigenvalue weighted by Crippen LogP contribution is 2.52. The van der Waals surface area contributed by atoms with Crippen molar-refractivity contribution in [1.82, 2.24) is 0 Å². The molecule has 3 aliphatic rings. The lowest BCUT2D eigenvalue weighted by molar-refractivity contribution is -0.126. The molecule has 4 heteroatoms. The highest BCUT2D eigenvalue weighted by molar-refractivity contribution is 6.24. The number of imide groups is 1. The van der Waals surface area contributed by atoms with Gasteiger partial charge in [-0.3, -0.25) is 9.59 Å². The van der Waals surface area contributed by atoms with Crippen LogP contribution in [0.5, 0.6) is 0 Å². The van der Waals surface area contributed by atoms with Crippen molar-refractivity contribution >= 4 is 17.5 Å². The summed E-state index contributed by atoms with van der Waals surface area (Å²) in [6, 6.07) is 17.4. The largest absolute Gasteiger partial charge is 0.362 e. The second kappa shape index (κ2) is 4.90. The zero-order valence-corrected chi connectivity index (χ0v) is 13.8. The van der Waals surface area contributed by atoms with Crippen molar-refractivity contribution in [2.24, 2.45) is 11.8 Å². The first-order valence-corrected chi connectivity index (χ1v) is 8.49. The molecule has 4 nitrogen and oxygen atoms in total. The molecule has 0 aromatic heterocycles. The number of hydrogen-bond acceptors (Lipinski definition) is 3. The SMILES string of the molecule is C[C@]12C=C[C@H](O1)[C@H]1C(=O)N(c3ccccc3-c3ccccc3)C(=O)[C@@H]12. The Morgan fingerprint density at radius 1 is 0.960 bits per heavy atom. The van der Waals surface area contributed by atoms with Gasteiger partial charge in [-0.2, -0.15) is 0 Å². The summed E-state index contributed by atoms with van der Waals surface area (Å²) in [7, 11) is 0. The summed E-state index contributed by atoms with van der Waals surface area (Å²) in [5, 5.41) is 0. The number of benzene rings is 2. The van der Waals surface area contributed by atoms with E-state index in [1.807, 2.05) is 73.7 Å². The number of carbonyl (C=O) groups excluding carboxylic acids is 2. The van der Waals surface area contributed by atoms with Gasteiger partial charge in [-0.1, -0.05) is 60.7 Å². The van der Waals surface area contributed by atoms with Crippen LogP contribution >= 0.6 is 0 Å². The van der Waals surface area contributed by atoms with Crippen LogP contribution in [0, 0.1) is 11.8 Å². The summed E-state index contributed by atoms with van der Waals surface area (Å²) in [6.07, 6.45) is 3.55. The molecule has 2 saturated heterocycles. The number of para-hydroxylation sites is 1. The van der Waals surface area contributed by atoms with Gasteiger partial charge >= 0.3 is 0 Å². The van der Waals surface area contributed by atoms with E-state index in [9.17, 15) is 9.59 Å². The molecule has 2 bridgehead atoms. The molecule has 2 aromatic rings. The van der Waals surface area contributed by atoms with E-state index in [4.69, 9.17) is 4.74 Å². The lowest BCUT2D eigenvalue weighted by Crippen LogP contribution is -2.38. The average molecular weight is 331 g/mol. The van der Waals surface area contributed by atoms with Crippen LogP contribution in [0.25, 0.3) is 11.1 Å². The Bertz CT molecular complexity index is 920. The molecule has 3 heterocycles. The van der Waals surface area contributed by atoms with E-state index < -0.39 is 17.4 Å². The Labute approximate surface area is 145 Å². The fourth-order valence-electron chi connectivity index (χ4n) is 4.42. The molecule has 4 atom stereocenters. The van der Waals surface area contributed by atoms with E-state index in [0.717, 1.165) is 11.1 Å². The Hall–Kier alpha value is -2.72. The third-order valence-corrected chi connectivity index (χ3v) is 5.56. The molecule has 0 radical (unpaired) electrons. The second-order valence-electron chi connectivity index (χ2n) is 7.02. The molecule has 0 saturated carbocycles. The second-order valence-corrected chi connectivity index (χ2v) is 7.02. The topological polar surface area (TPSA) is 46.6 Å². The number of fused-ring (bicyclic) bond motifs is 5. The zero-order valence-electron chi connectivity index (χ0n) is 13.8. The molecule has 2 amide bonds. The van der Waals surface area contributed by atoms with Gasteiger partial charge in [0.1, 0.15) is 0 Å². The fourth-order valence-corrected chi connectivity index (χ4v) is 4.42. The molecule has 0 N–H and O–H groups in total. The summed E-state index contributed by atoms with van der Waals surface area (Å²) in [6.45, 7) is 1.89. The Kier molecular flexibility index (Phi) is 2.86. The van der Waals surface area contributed by atoms with Crippen LogP contribution in [0.1, 0.15) is 6.92 Å². The molecular formula is C21H17NO3. The van der Waals surface area contributed by atoms with Gasteiger partial charge in [-0.05, 0) is 18.6 Å². The number of amides is 2. The van der Waals surface area contributed by atoms with Crippen LogP contribution in [-0.4, -0.2) is 23.5 Å². The van der Waals surface area contributed by atoms with E-state index in [1.165, 1.54) is 4.90 Å². The normalized spacial score (nSPS) is 32.5. The summed E-state index contributed by atoms with van der Waals surface area (Å²) in [4.78, 5) is 27.6. The van der Waals surface area contributed by atoms with Gasteiger partial charge in [0, 0.05) is 5.56 Å². The number of nitrogens with zero attached hydrogens (tertiary/aromatic N) is 1. The van der Waals surface area contributed by atoms with Gasteiger partial charge in [-0.25, -0.2) is 4.90 Å². The zero-order chi connectivity index (χ0) is 17.2. The Balaban J connectivity index is 1.63. The Morgan fingerprint density at radius 2 is 1.68 bits per heavy atom. The number of anilines is 1. The molecule has 2 aromatic carbocycles. The third-order valence-electron chi connectivity index (χ3n) is 5.56. The Morgan fingerprint density at radius 3 is 2.44 bits per heavy atom. The minimum atomic E-state index is -0.668. The van der Waals surface area contributed by atoms with E-state index >= 15 is 0 Å². The van der Waals surface area contributed by atoms with Crippen molar-refractivity contribution in [3.05, 3.63) is 66.7 Å². The van der Waals surface area contributed by atoms with Gasteiger partial charge in [0.25, 0.3) is 0 Å². The van der Waals surface area contributed by atoms with Gasteiger partial charge in [0.15, 0.2) is 0 Å². The summed E-state index contributed by atoms with van der Waals surface area (Å²) >= 11 is 0. The standard InChI is InChI=1S/C21H17NO3/c1-21-12-11-16(25-21)17-18(21)20(24)22(19(17)23)15-10-6-5-9-14(15)13-7-3-2-4-8-13/h2-12,16-18H,1H3/t16-,17+,18+,21+/m0/s1. The number of carbonyl (C=O) groups is 2. The van der Waals surface area contributed by atoms with Crippen LogP contribution in [0.2, 0.25) is 0 Å². The highest BCUT2D eigenvalue weighted by atomic mass is 16.5. The van der Waals surface area contributed by atoms with Gasteiger partial charge in [-0.15, -0.1) is 0 Å². The molecule has 3 aliphatic heterocycles. The van der Waals surface area contributed by atoms with E-state index in [-0.39, 0.29) is 17.9 Å². The van der Waals surface area contributed by atoms with Crippen molar-refractivity contribution in [2.45, 2.75) is 18.6 Å². The predicted octanol–water partition coefficient (Wildman–Crippen LogP) is 3.19. The molecular weight excluding hydrogens is 314 g/mol. The van der Waals surface area contributed by atoms with Crippen LogP contribution in [0.15, 0.2) is 66.7 Å². The van der Waals surface area contributed by atoms with Gasteiger partial charge < -0.3 is 4.74 Å². The van der Waals surface area contributed by atoms with Crippen molar-refractivity contribution in [2.75, 3.05) is 4.90 Å². The maximum absolute atomic E-state index is 13.2. The molecule has 0 unspecified atom stereocenters. The first-order chi connectivity index (χ1) is 12.1. The monoisotopic (exact) mass is 331 g/mol. The highest BCUT2D eigenvalue weighted by Gasteiger charge is 2.66. The van der Waals surface area contributed by atoms with Gasteiger partial charge in [0.05, 0.1) is 29.2 Å². The van der Waals surface area contributed by atoms with Crippen molar-refractivity contribution in [3.63, 3.8) is 0 Å². The van der Waals surface area contributed by atoms with Crippen LogP contribution in [-0.2, 0) is 14.3 Å². The summed E-state index contributed by atoms with van der Waals surface area (Å²) in [5.74, 6) is -1.16. The summed E-state index contributed by atoms with van der Waals surface area (Å²) in [5.41, 5.74) is 1.86. The predicted molar refractivity (Wildman–Crippen MR) is 93.8 cm³/mol. The molecule has 5 rings (SSSR count). The smallest absolute Gasteiger partial charge is 0.241 e. The van der Waals surface area contributed by atoms with E-state index in [2.05, 4.69) is 0 Å².